The van der Waals surface area contributed by atoms with Gasteiger partial charge in [0.2, 0.25) is 0 Å². The summed E-state index contributed by atoms with van der Waals surface area (Å²) in [5.41, 5.74) is 0. The van der Waals surface area contributed by atoms with Crippen molar-refractivity contribution in [2.45, 2.75) is 6.54 Å². The first-order chi connectivity index (χ1) is 8.74. The summed E-state index contributed by atoms with van der Waals surface area (Å²) in [7, 11) is 0. The number of hydrogen-bond donors (Lipinski definition) is 1. The zero-order valence-corrected chi connectivity index (χ0v) is 10.3. The number of rotatable bonds is 5. The minimum Gasteiger partial charge on any atom is -0.484 e. The van der Waals surface area contributed by atoms with Crippen molar-refractivity contribution in [3.05, 3.63) is 53.4 Å². The Morgan fingerprint density at radius 1 is 1.28 bits per heavy atom. The standard InChI is InChI=1S/C13H12ClNO3/c14-10-3-5-11(6-4-10)18-9-13(16)15-8-12-2-1-7-17-12/h1-7H,8-9H2,(H,15,16). The Balaban J connectivity index is 1.73. The smallest absolute Gasteiger partial charge is 0.258 e. The molecule has 2 aromatic rings. The maximum Gasteiger partial charge on any atom is 0.258 e. The minimum absolute atomic E-state index is 0.0393. The third-order valence-electron chi connectivity index (χ3n) is 2.22. The van der Waals surface area contributed by atoms with Crippen molar-refractivity contribution in [1.82, 2.24) is 5.32 Å². The number of hydrogen-bond acceptors (Lipinski definition) is 3. The average Bonchev–Trinajstić information content (AvgIpc) is 2.89. The van der Waals surface area contributed by atoms with E-state index in [9.17, 15) is 4.79 Å². The lowest BCUT2D eigenvalue weighted by Crippen LogP contribution is -2.28. The van der Waals surface area contributed by atoms with Crippen LogP contribution in [-0.4, -0.2) is 12.5 Å². The number of benzene rings is 1. The van der Waals surface area contributed by atoms with Gasteiger partial charge in [-0.2, -0.15) is 0 Å². The molecule has 1 N–H and O–H groups in total. The summed E-state index contributed by atoms with van der Waals surface area (Å²) < 4.78 is 10.4. The van der Waals surface area contributed by atoms with Gasteiger partial charge >= 0.3 is 0 Å². The molecule has 2 rings (SSSR count). The molecule has 1 aromatic carbocycles. The van der Waals surface area contributed by atoms with Crippen LogP contribution in [0, 0.1) is 0 Å². The highest BCUT2D eigenvalue weighted by atomic mass is 35.5. The van der Waals surface area contributed by atoms with Crippen LogP contribution in [0.1, 0.15) is 5.76 Å². The lowest BCUT2D eigenvalue weighted by atomic mass is 10.3. The normalized spacial score (nSPS) is 10.1. The van der Waals surface area contributed by atoms with Crippen LogP contribution in [0.4, 0.5) is 0 Å². The van der Waals surface area contributed by atoms with E-state index in [0.29, 0.717) is 23.1 Å². The van der Waals surface area contributed by atoms with E-state index in [0.717, 1.165) is 0 Å². The molecule has 0 saturated carbocycles. The van der Waals surface area contributed by atoms with Gasteiger partial charge in [0, 0.05) is 5.02 Å². The van der Waals surface area contributed by atoms with E-state index in [1.807, 2.05) is 0 Å². The molecule has 18 heavy (non-hydrogen) atoms. The molecule has 1 aromatic heterocycles. The summed E-state index contributed by atoms with van der Waals surface area (Å²) >= 11 is 5.74. The van der Waals surface area contributed by atoms with Gasteiger partial charge in [-0.25, -0.2) is 0 Å². The minimum atomic E-state index is -0.207. The highest BCUT2D eigenvalue weighted by Crippen LogP contribution is 2.15. The van der Waals surface area contributed by atoms with E-state index >= 15 is 0 Å². The van der Waals surface area contributed by atoms with Gasteiger partial charge < -0.3 is 14.5 Å². The van der Waals surface area contributed by atoms with Gasteiger partial charge in [-0.05, 0) is 36.4 Å². The van der Waals surface area contributed by atoms with Crippen molar-refractivity contribution in [1.29, 1.82) is 0 Å². The van der Waals surface area contributed by atoms with Crippen LogP contribution in [0.25, 0.3) is 0 Å². The van der Waals surface area contributed by atoms with Crippen molar-refractivity contribution < 1.29 is 13.9 Å². The van der Waals surface area contributed by atoms with Gasteiger partial charge in [0.15, 0.2) is 6.61 Å². The highest BCUT2D eigenvalue weighted by molar-refractivity contribution is 6.30. The molecule has 0 saturated heterocycles. The third-order valence-corrected chi connectivity index (χ3v) is 2.48. The van der Waals surface area contributed by atoms with Crippen LogP contribution < -0.4 is 10.1 Å². The summed E-state index contributed by atoms with van der Waals surface area (Å²) in [6.45, 7) is 0.318. The SMILES string of the molecule is O=C(COc1ccc(Cl)cc1)NCc1ccco1. The van der Waals surface area contributed by atoms with Gasteiger partial charge in [0.25, 0.3) is 5.91 Å². The molecule has 0 spiro atoms. The van der Waals surface area contributed by atoms with Crippen molar-refractivity contribution in [3.8, 4) is 5.75 Å². The van der Waals surface area contributed by atoms with E-state index in [2.05, 4.69) is 5.32 Å². The molecule has 1 heterocycles. The maximum absolute atomic E-state index is 11.5. The molecule has 0 aliphatic carbocycles. The fourth-order valence-electron chi connectivity index (χ4n) is 1.33. The largest absolute Gasteiger partial charge is 0.484 e. The lowest BCUT2D eigenvalue weighted by molar-refractivity contribution is -0.123. The first-order valence-corrected chi connectivity index (χ1v) is 5.79. The van der Waals surface area contributed by atoms with E-state index in [1.54, 1.807) is 42.7 Å². The Morgan fingerprint density at radius 3 is 2.72 bits per heavy atom. The Bertz CT molecular complexity index is 493. The Kier molecular flexibility index (Phi) is 4.25. The van der Waals surface area contributed by atoms with E-state index < -0.39 is 0 Å². The number of furan rings is 1. The van der Waals surface area contributed by atoms with Gasteiger partial charge in [0.1, 0.15) is 11.5 Å². The number of amides is 1. The highest BCUT2D eigenvalue weighted by Gasteiger charge is 2.03. The van der Waals surface area contributed by atoms with Crippen LogP contribution in [0.15, 0.2) is 47.1 Å². The molecular weight excluding hydrogens is 254 g/mol. The molecule has 0 aliphatic rings. The van der Waals surface area contributed by atoms with Crippen LogP contribution in [0.2, 0.25) is 5.02 Å². The van der Waals surface area contributed by atoms with E-state index in [4.69, 9.17) is 20.8 Å². The van der Waals surface area contributed by atoms with Crippen molar-refractivity contribution in [3.63, 3.8) is 0 Å². The molecule has 0 aliphatic heterocycles. The third kappa shape index (κ3) is 3.82. The predicted octanol–water partition coefficient (Wildman–Crippen LogP) is 2.63. The number of nitrogens with one attached hydrogen (secondary N) is 1. The number of ether oxygens (including phenoxy) is 1. The van der Waals surface area contributed by atoms with Gasteiger partial charge in [0.05, 0.1) is 12.8 Å². The van der Waals surface area contributed by atoms with E-state index in [-0.39, 0.29) is 12.5 Å². The lowest BCUT2D eigenvalue weighted by Gasteiger charge is -2.06. The van der Waals surface area contributed by atoms with Crippen LogP contribution in [-0.2, 0) is 11.3 Å². The van der Waals surface area contributed by atoms with Gasteiger partial charge in [-0.1, -0.05) is 11.6 Å². The second kappa shape index (κ2) is 6.12. The molecule has 0 radical (unpaired) electrons. The van der Waals surface area contributed by atoms with Crippen molar-refractivity contribution >= 4 is 17.5 Å². The monoisotopic (exact) mass is 265 g/mol. The van der Waals surface area contributed by atoms with Crippen LogP contribution in [0.3, 0.4) is 0 Å². The molecular formula is C13H12ClNO3. The predicted molar refractivity (Wildman–Crippen MR) is 67.5 cm³/mol. The quantitative estimate of drug-likeness (QED) is 0.904. The number of halogens is 1. The summed E-state index contributed by atoms with van der Waals surface area (Å²) in [5.74, 6) is 1.10. The first kappa shape index (κ1) is 12.5. The Morgan fingerprint density at radius 2 is 2.06 bits per heavy atom. The Hall–Kier alpha value is -1.94. The molecule has 0 fully saturated rings. The van der Waals surface area contributed by atoms with Crippen molar-refractivity contribution in [2.24, 2.45) is 0 Å². The zero-order chi connectivity index (χ0) is 12.8. The number of carbonyl (C=O) groups is 1. The maximum atomic E-state index is 11.5. The van der Waals surface area contributed by atoms with Crippen molar-refractivity contribution in [2.75, 3.05) is 6.61 Å². The summed E-state index contributed by atoms with van der Waals surface area (Å²) in [6, 6.07) is 10.4. The summed E-state index contributed by atoms with van der Waals surface area (Å²) in [4.78, 5) is 11.5. The molecule has 1 amide bonds. The zero-order valence-electron chi connectivity index (χ0n) is 9.56. The average molecular weight is 266 g/mol. The Labute approximate surface area is 110 Å². The molecule has 0 atom stereocenters. The summed E-state index contributed by atoms with van der Waals surface area (Å²) in [6.07, 6.45) is 1.56. The number of carbonyl (C=O) groups excluding carboxylic acids is 1. The first-order valence-electron chi connectivity index (χ1n) is 5.41. The molecule has 0 unspecified atom stereocenters. The summed E-state index contributed by atoms with van der Waals surface area (Å²) in [5, 5.41) is 3.31. The second-order valence-corrected chi connectivity index (χ2v) is 4.04. The fraction of sp³-hybridized carbons (Fsp3) is 0.154. The molecule has 94 valence electrons. The van der Waals surface area contributed by atoms with Crippen LogP contribution >= 0.6 is 11.6 Å². The molecule has 0 bridgehead atoms. The molecule has 4 nitrogen and oxygen atoms in total. The second-order valence-electron chi connectivity index (χ2n) is 3.60. The fourth-order valence-corrected chi connectivity index (χ4v) is 1.46. The topological polar surface area (TPSA) is 51.5 Å². The van der Waals surface area contributed by atoms with Gasteiger partial charge in [-0.3, -0.25) is 4.79 Å². The van der Waals surface area contributed by atoms with E-state index in [1.165, 1.54) is 0 Å². The molecule has 5 heteroatoms. The van der Waals surface area contributed by atoms with Gasteiger partial charge in [-0.15, -0.1) is 0 Å². The van der Waals surface area contributed by atoms with Crippen LogP contribution in [0.5, 0.6) is 5.75 Å².